The number of carboxylic acid groups (broad SMARTS) is 2. The number of thioether (sulfide) groups is 3. The zero-order chi connectivity index (χ0) is 49.4. The summed E-state index contributed by atoms with van der Waals surface area (Å²) in [5.41, 5.74) is 10.4. The van der Waals surface area contributed by atoms with Gasteiger partial charge >= 0.3 is 17.9 Å². The van der Waals surface area contributed by atoms with Crippen LogP contribution in [0.2, 0.25) is 0 Å². The molecule has 4 aliphatic heterocycles. The number of hydroxylamine groups is 2. The Kier molecular flexibility index (Phi) is 30.7. The SMILES string of the molecule is NCCCCC(N)C(=O)O.O=C(CSCCC(=O)N1CCOCC1)NCC(NC(=O)CSCCC(=O)N1CCOCC1)C(=O)O.O=C(CSCCC(=O)N1CCOCC1)ON1C(=O)CCC1=O. The first kappa shape index (κ1) is 58.9. The van der Waals surface area contributed by atoms with E-state index in [9.17, 15) is 53.1 Å². The number of unbranched alkanes of at least 4 members (excludes halogenated alkanes) is 1. The van der Waals surface area contributed by atoms with Crippen LogP contribution in [0.5, 0.6) is 0 Å². The van der Waals surface area contributed by atoms with E-state index < -0.39 is 47.7 Å². The molecular formula is C40H66N8O16S3. The standard InChI is InChI=1S/C21H34N4O8S2.C13H18N2O6S.C6H14N2O2/c26-17(14-34-11-1-19(28)24-3-7-32-8-4-24)22-13-16(21(30)31)23-18(27)15-35-12-2-20(29)25-5-9-33-10-6-25;16-10(14-4-6-20-7-5-14)3-8-22-9-13(19)21-15-11(17)1-2-12(15)18;7-4-2-1-3-5(8)6(9)10/h16H,1-15H2,(H,22,26)(H,23,27)(H,30,31);1-9H2;5H,1-4,7-8H2,(H,9,10). The summed E-state index contributed by atoms with van der Waals surface area (Å²) in [6.07, 6.45) is 3.27. The predicted octanol–water partition coefficient (Wildman–Crippen LogP) is -2.26. The molecule has 0 spiro atoms. The smallest absolute Gasteiger partial charge is 0.342 e. The molecule has 380 valence electrons. The number of ether oxygens (including phenoxy) is 3. The number of aliphatic carboxylic acids is 2. The maximum atomic E-state index is 12.1. The number of morpholine rings is 3. The number of hydrogen-bond acceptors (Lipinski definition) is 19. The Morgan fingerprint density at radius 1 is 0.627 bits per heavy atom. The Hall–Kier alpha value is -4.25. The molecule has 2 unspecified atom stereocenters. The predicted molar refractivity (Wildman–Crippen MR) is 246 cm³/mol. The maximum Gasteiger partial charge on any atom is 0.342 e. The summed E-state index contributed by atoms with van der Waals surface area (Å²) in [5, 5.41) is 23.1. The molecule has 67 heavy (non-hydrogen) atoms. The Labute approximate surface area is 402 Å². The summed E-state index contributed by atoms with van der Waals surface area (Å²) >= 11 is 3.77. The van der Waals surface area contributed by atoms with Gasteiger partial charge in [0.2, 0.25) is 29.5 Å². The Bertz CT molecular complexity index is 1600. The molecule has 4 heterocycles. The summed E-state index contributed by atoms with van der Waals surface area (Å²) in [5.74, 6) is -3.11. The second-order valence-electron chi connectivity index (χ2n) is 14.9. The van der Waals surface area contributed by atoms with Crippen LogP contribution in [0.15, 0.2) is 0 Å². The first-order valence-corrected chi connectivity index (χ1v) is 25.4. The minimum Gasteiger partial charge on any atom is -0.480 e. The van der Waals surface area contributed by atoms with Gasteiger partial charge in [-0.25, -0.2) is 9.59 Å². The number of nitrogens with two attached hydrogens (primary N) is 2. The van der Waals surface area contributed by atoms with Crippen molar-refractivity contribution in [2.75, 3.05) is 127 Å². The monoisotopic (exact) mass is 1010 g/mol. The third kappa shape index (κ3) is 26.2. The first-order valence-electron chi connectivity index (χ1n) is 22.0. The lowest BCUT2D eigenvalue weighted by Crippen LogP contribution is -2.49. The van der Waals surface area contributed by atoms with E-state index in [1.54, 1.807) is 14.7 Å². The van der Waals surface area contributed by atoms with Gasteiger partial charge in [-0.15, -0.1) is 16.8 Å². The average Bonchev–Trinajstić information content (AvgIpc) is 3.64. The van der Waals surface area contributed by atoms with E-state index in [1.165, 1.54) is 35.3 Å². The molecule has 4 saturated heterocycles. The van der Waals surface area contributed by atoms with Crippen LogP contribution < -0.4 is 22.1 Å². The molecule has 2 atom stereocenters. The zero-order valence-corrected chi connectivity index (χ0v) is 40.2. The summed E-state index contributed by atoms with van der Waals surface area (Å²) in [6.45, 7) is 7.12. The zero-order valence-electron chi connectivity index (χ0n) is 37.7. The third-order valence-electron chi connectivity index (χ3n) is 9.78. The lowest BCUT2D eigenvalue weighted by molar-refractivity contribution is -0.195. The highest BCUT2D eigenvalue weighted by molar-refractivity contribution is 8.00. The van der Waals surface area contributed by atoms with Crippen molar-refractivity contribution in [3.63, 3.8) is 0 Å². The highest BCUT2D eigenvalue weighted by Crippen LogP contribution is 2.14. The van der Waals surface area contributed by atoms with Crippen molar-refractivity contribution >= 4 is 94.5 Å². The van der Waals surface area contributed by atoms with Gasteiger partial charge in [0.1, 0.15) is 12.1 Å². The van der Waals surface area contributed by atoms with Crippen molar-refractivity contribution in [1.29, 1.82) is 0 Å². The summed E-state index contributed by atoms with van der Waals surface area (Å²) in [6, 6.07) is -1.97. The lowest BCUT2D eigenvalue weighted by atomic mass is 10.1. The van der Waals surface area contributed by atoms with Gasteiger partial charge in [0.15, 0.2) is 0 Å². The summed E-state index contributed by atoms with van der Waals surface area (Å²) < 4.78 is 15.6. The van der Waals surface area contributed by atoms with Crippen molar-refractivity contribution < 1.29 is 77.2 Å². The molecule has 0 saturated carbocycles. The molecule has 0 aliphatic carbocycles. The van der Waals surface area contributed by atoms with Gasteiger partial charge < -0.3 is 66.1 Å². The Morgan fingerprint density at radius 3 is 1.45 bits per heavy atom. The molecular weight excluding hydrogens is 945 g/mol. The number of amides is 7. The minimum absolute atomic E-state index is 0.00650. The van der Waals surface area contributed by atoms with E-state index in [4.69, 9.17) is 35.6 Å². The number of rotatable bonds is 25. The number of carbonyl (C=O) groups is 10. The lowest BCUT2D eigenvalue weighted by Gasteiger charge is -2.26. The van der Waals surface area contributed by atoms with E-state index in [2.05, 4.69) is 10.6 Å². The molecule has 24 nitrogen and oxygen atoms in total. The van der Waals surface area contributed by atoms with Gasteiger partial charge in [-0.3, -0.25) is 38.4 Å². The molecule has 0 aromatic rings. The van der Waals surface area contributed by atoms with Gasteiger partial charge in [0.25, 0.3) is 11.8 Å². The van der Waals surface area contributed by atoms with Crippen molar-refractivity contribution in [1.82, 2.24) is 30.4 Å². The van der Waals surface area contributed by atoms with Crippen LogP contribution in [0.1, 0.15) is 51.4 Å². The number of carboxylic acids is 2. The van der Waals surface area contributed by atoms with Crippen LogP contribution in [0, 0.1) is 0 Å². The van der Waals surface area contributed by atoms with E-state index in [1.807, 2.05) is 0 Å². The molecule has 0 aromatic carbocycles. The Morgan fingerprint density at radius 2 is 1.04 bits per heavy atom. The van der Waals surface area contributed by atoms with Crippen LogP contribution in [0.25, 0.3) is 0 Å². The number of imide groups is 1. The quantitative estimate of drug-likeness (QED) is 0.0415. The van der Waals surface area contributed by atoms with Crippen molar-refractivity contribution in [3.8, 4) is 0 Å². The fraction of sp³-hybridized carbons (Fsp3) is 0.750. The number of carbonyl (C=O) groups excluding carboxylic acids is 8. The number of nitrogens with one attached hydrogen (secondary N) is 2. The van der Waals surface area contributed by atoms with Gasteiger partial charge in [-0.05, 0) is 19.4 Å². The van der Waals surface area contributed by atoms with Crippen LogP contribution in [0.4, 0.5) is 0 Å². The van der Waals surface area contributed by atoms with Gasteiger partial charge in [0.05, 0.1) is 56.9 Å². The summed E-state index contributed by atoms with van der Waals surface area (Å²) in [4.78, 5) is 126. The van der Waals surface area contributed by atoms with Gasteiger partial charge in [-0.1, -0.05) is 6.42 Å². The summed E-state index contributed by atoms with van der Waals surface area (Å²) in [7, 11) is 0. The van der Waals surface area contributed by atoms with Gasteiger partial charge in [0, 0.05) is 95.2 Å². The third-order valence-corrected chi connectivity index (χ3v) is 12.6. The van der Waals surface area contributed by atoms with E-state index in [0.29, 0.717) is 133 Å². The van der Waals surface area contributed by atoms with Crippen LogP contribution >= 0.6 is 35.3 Å². The van der Waals surface area contributed by atoms with E-state index in [0.717, 1.165) is 12.8 Å². The van der Waals surface area contributed by atoms with Crippen LogP contribution in [-0.2, 0) is 67.0 Å². The van der Waals surface area contributed by atoms with E-state index in [-0.39, 0.29) is 60.3 Å². The molecule has 27 heteroatoms. The molecule has 4 fully saturated rings. The average molecular weight is 1010 g/mol. The second-order valence-corrected chi connectivity index (χ2v) is 18.2. The van der Waals surface area contributed by atoms with Crippen molar-refractivity contribution in [2.45, 2.75) is 63.5 Å². The van der Waals surface area contributed by atoms with E-state index >= 15 is 0 Å². The Balaban J connectivity index is 0.000000407. The normalized spacial score (nSPS) is 16.9. The molecule has 0 radical (unpaired) electrons. The highest BCUT2D eigenvalue weighted by atomic mass is 32.2. The highest BCUT2D eigenvalue weighted by Gasteiger charge is 2.33. The van der Waals surface area contributed by atoms with Crippen LogP contribution in [-0.4, -0.2) is 228 Å². The first-order chi connectivity index (χ1) is 32.1. The number of hydrogen-bond donors (Lipinski definition) is 6. The van der Waals surface area contributed by atoms with Crippen LogP contribution in [0.3, 0.4) is 0 Å². The number of nitrogens with zero attached hydrogens (tertiary/aromatic N) is 4. The van der Waals surface area contributed by atoms with Crippen molar-refractivity contribution in [2.24, 2.45) is 11.5 Å². The molecule has 4 rings (SSSR count). The molecule has 0 bridgehead atoms. The van der Waals surface area contributed by atoms with Crippen molar-refractivity contribution in [3.05, 3.63) is 0 Å². The molecule has 7 amide bonds. The minimum atomic E-state index is -1.25. The fourth-order valence-electron chi connectivity index (χ4n) is 6.00. The molecule has 0 aromatic heterocycles. The molecule has 8 N–H and O–H groups in total. The maximum absolute atomic E-state index is 12.1. The largest absolute Gasteiger partial charge is 0.480 e. The van der Waals surface area contributed by atoms with Gasteiger partial charge in [-0.2, -0.15) is 23.5 Å². The topological polar surface area (TPSA) is 337 Å². The molecule has 4 aliphatic rings. The fourth-order valence-corrected chi connectivity index (χ4v) is 8.16. The second kappa shape index (κ2) is 34.9.